The molecule has 5 nitrogen and oxygen atoms in total. The second-order valence-corrected chi connectivity index (χ2v) is 2.61. The Kier molecular flexibility index (Phi) is 2.31. The number of aromatic nitrogens is 2. The number of hydrogen-bond acceptors (Lipinski definition) is 4. The molecule has 0 radical (unpaired) electrons. The average Bonchev–Trinajstić information content (AvgIpc) is 2.63. The summed E-state index contributed by atoms with van der Waals surface area (Å²) < 4.78 is 9.95. The molecule has 0 aliphatic carbocycles. The van der Waals surface area contributed by atoms with Crippen molar-refractivity contribution in [1.29, 1.82) is 0 Å². The zero-order valence-corrected chi connectivity index (χ0v) is 7.27. The van der Waals surface area contributed by atoms with Gasteiger partial charge in [-0.15, -0.1) is 5.10 Å². The summed E-state index contributed by atoms with van der Waals surface area (Å²) in [7, 11) is 0. The van der Waals surface area contributed by atoms with Crippen LogP contribution in [0.1, 0.15) is 5.89 Å². The molecule has 2 aromatic rings. The van der Waals surface area contributed by atoms with Crippen molar-refractivity contribution in [2.24, 2.45) is 0 Å². The maximum Gasteiger partial charge on any atom is 0.434 e. The van der Waals surface area contributed by atoms with Gasteiger partial charge in [0.2, 0.25) is 0 Å². The van der Waals surface area contributed by atoms with E-state index in [2.05, 4.69) is 14.6 Å². The van der Waals surface area contributed by atoms with Crippen LogP contribution < -0.4 is 10.5 Å². The Morgan fingerprint density at radius 3 is 2.79 bits per heavy atom. The molecule has 0 fully saturated rings. The van der Waals surface area contributed by atoms with E-state index in [1.807, 2.05) is 30.3 Å². The van der Waals surface area contributed by atoms with Crippen molar-refractivity contribution in [3.05, 3.63) is 46.8 Å². The van der Waals surface area contributed by atoms with Crippen LogP contribution in [0.4, 0.5) is 0 Å². The third kappa shape index (κ3) is 2.01. The molecule has 0 bridgehead atoms. The van der Waals surface area contributed by atoms with E-state index in [-0.39, 0.29) is 12.5 Å². The molecule has 1 heterocycles. The number of aromatic amines is 1. The maximum atomic E-state index is 10.6. The van der Waals surface area contributed by atoms with E-state index in [0.717, 1.165) is 0 Å². The quantitative estimate of drug-likeness (QED) is 0.785. The van der Waals surface area contributed by atoms with E-state index in [9.17, 15) is 4.79 Å². The minimum Gasteiger partial charge on any atom is -0.484 e. The number of H-pyrrole nitrogens is 1. The van der Waals surface area contributed by atoms with Gasteiger partial charge >= 0.3 is 5.76 Å². The van der Waals surface area contributed by atoms with Crippen molar-refractivity contribution in [1.82, 2.24) is 10.2 Å². The van der Waals surface area contributed by atoms with Crippen molar-refractivity contribution in [2.45, 2.75) is 6.61 Å². The summed E-state index contributed by atoms with van der Waals surface area (Å²) in [4.78, 5) is 10.6. The zero-order valence-electron chi connectivity index (χ0n) is 7.27. The van der Waals surface area contributed by atoms with Gasteiger partial charge in [-0.3, -0.25) is 0 Å². The Hall–Kier alpha value is -2.04. The van der Waals surface area contributed by atoms with Crippen LogP contribution in [0.3, 0.4) is 0 Å². The van der Waals surface area contributed by atoms with E-state index in [0.29, 0.717) is 5.75 Å². The van der Waals surface area contributed by atoms with Crippen LogP contribution in [0.25, 0.3) is 0 Å². The fourth-order valence-electron chi connectivity index (χ4n) is 0.984. The SMILES string of the molecule is O=c1[nH]nc(COc2ccccc2)o1. The van der Waals surface area contributed by atoms with Crippen LogP contribution >= 0.6 is 0 Å². The molecule has 1 aromatic heterocycles. The molecule has 0 unspecified atom stereocenters. The average molecular weight is 192 g/mol. The highest BCUT2D eigenvalue weighted by molar-refractivity contribution is 5.20. The van der Waals surface area contributed by atoms with Crippen molar-refractivity contribution >= 4 is 0 Å². The highest BCUT2D eigenvalue weighted by Crippen LogP contribution is 2.09. The summed E-state index contributed by atoms with van der Waals surface area (Å²) in [6.07, 6.45) is 0. The van der Waals surface area contributed by atoms with E-state index >= 15 is 0 Å². The molecule has 0 saturated carbocycles. The van der Waals surface area contributed by atoms with Gasteiger partial charge in [0, 0.05) is 0 Å². The largest absolute Gasteiger partial charge is 0.484 e. The summed E-state index contributed by atoms with van der Waals surface area (Å²) >= 11 is 0. The number of hydrogen-bond donors (Lipinski definition) is 1. The van der Waals surface area contributed by atoms with Gasteiger partial charge < -0.3 is 9.15 Å². The molecule has 0 aliphatic heterocycles. The predicted molar refractivity (Wildman–Crippen MR) is 47.9 cm³/mol. The number of rotatable bonds is 3. The summed E-state index contributed by atoms with van der Waals surface area (Å²) in [6, 6.07) is 9.23. The Labute approximate surface area is 79.3 Å². The second-order valence-electron chi connectivity index (χ2n) is 2.61. The smallest absolute Gasteiger partial charge is 0.434 e. The molecule has 1 N–H and O–H groups in total. The number of benzene rings is 1. The van der Waals surface area contributed by atoms with Gasteiger partial charge in [0.1, 0.15) is 5.75 Å². The monoisotopic (exact) mass is 192 g/mol. The first kappa shape index (κ1) is 8.55. The van der Waals surface area contributed by atoms with E-state index in [1.165, 1.54) is 0 Å². The van der Waals surface area contributed by atoms with Gasteiger partial charge in [0.05, 0.1) is 0 Å². The lowest BCUT2D eigenvalue weighted by Crippen LogP contribution is -1.95. The van der Waals surface area contributed by atoms with Gasteiger partial charge in [-0.05, 0) is 12.1 Å². The number of ether oxygens (including phenoxy) is 1. The number of nitrogens with one attached hydrogen (secondary N) is 1. The fraction of sp³-hybridized carbons (Fsp3) is 0.111. The molecule has 72 valence electrons. The third-order valence-corrected chi connectivity index (χ3v) is 1.59. The molecule has 0 spiro atoms. The lowest BCUT2D eigenvalue weighted by atomic mass is 10.3. The van der Waals surface area contributed by atoms with Crippen molar-refractivity contribution in [3.8, 4) is 5.75 Å². The topological polar surface area (TPSA) is 68.1 Å². The Morgan fingerprint density at radius 2 is 2.14 bits per heavy atom. The third-order valence-electron chi connectivity index (χ3n) is 1.59. The molecule has 0 amide bonds. The minimum atomic E-state index is -0.573. The molecular formula is C9H8N2O3. The Bertz CT molecular complexity index is 446. The summed E-state index contributed by atoms with van der Waals surface area (Å²) in [5.74, 6) is 0.369. The fourth-order valence-corrected chi connectivity index (χ4v) is 0.984. The molecule has 0 aliphatic rings. The predicted octanol–water partition coefficient (Wildman–Crippen LogP) is 0.942. The molecule has 0 atom stereocenters. The molecule has 2 rings (SSSR count). The van der Waals surface area contributed by atoms with Crippen LogP contribution in [0, 0.1) is 0 Å². The van der Waals surface area contributed by atoms with Crippen LogP contribution in [0.5, 0.6) is 5.75 Å². The van der Waals surface area contributed by atoms with Crippen LogP contribution in [0.2, 0.25) is 0 Å². The normalized spacial score (nSPS) is 10.0. The molecule has 14 heavy (non-hydrogen) atoms. The van der Waals surface area contributed by atoms with Gasteiger partial charge in [0.25, 0.3) is 5.89 Å². The molecular weight excluding hydrogens is 184 g/mol. The summed E-state index contributed by atoms with van der Waals surface area (Å²) in [5.41, 5.74) is 0. The summed E-state index contributed by atoms with van der Waals surface area (Å²) in [5, 5.41) is 5.75. The molecule has 5 heteroatoms. The highest BCUT2D eigenvalue weighted by Gasteiger charge is 2.01. The van der Waals surface area contributed by atoms with Gasteiger partial charge in [-0.1, -0.05) is 18.2 Å². The number of para-hydroxylation sites is 1. The van der Waals surface area contributed by atoms with Crippen LogP contribution in [-0.2, 0) is 6.61 Å². The molecule has 0 saturated heterocycles. The standard InChI is InChI=1S/C9H8N2O3/c12-9-11-10-8(14-9)6-13-7-4-2-1-3-5-7/h1-5H,6H2,(H,11,12). The first-order chi connectivity index (χ1) is 6.84. The first-order valence-corrected chi connectivity index (χ1v) is 4.07. The van der Waals surface area contributed by atoms with E-state index < -0.39 is 5.76 Å². The van der Waals surface area contributed by atoms with Gasteiger partial charge in [-0.2, -0.15) is 0 Å². The lowest BCUT2D eigenvalue weighted by Gasteiger charge is -2.00. The second kappa shape index (κ2) is 3.78. The van der Waals surface area contributed by atoms with E-state index in [4.69, 9.17) is 4.74 Å². The Morgan fingerprint density at radius 1 is 1.36 bits per heavy atom. The highest BCUT2D eigenvalue weighted by atomic mass is 16.5. The summed E-state index contributed by atoms with van der Waals surface area (Å²) in [6.45, 7) is 0.142. The Balaban J connectivity index is 1.98. The zero-order chi connectivity index (χ0) is 9.80. The van der Waals surface area contributed by atoms with Crippen LogP contribution in [-0.4, -0.2) is 10.2 Å². The number of nitrogens with zero attached hydrogens (tertiary/aromatic N) is 1. The van der Waals surface area contributed by atoms with Crippen LogP contribution in [0.15, 0.2) is 39.5 Å². The van der Waals surface area contributed by atoms with Crippen molar-refractivity contribution in [3.63, 3.8) is 0 Å². The minimum absolute atomic E-state index is 0.142. The lowest BCUT2D eigenvalue weighted by molar-refractivity contribution is 0.259. The van der Waals surface area contributed by atoms with Crippen molar-refractivity contribution < 1.29 is 9.15 Å². The maximum absolute atomic E-state index is 10.6. The van der Waals surface area contributed by atoms with Gasteiger partial charge in [-0.25, -0.2) is 9.89 Å². The van der Waals surface area contributed by atoms with Crippen molar-refractivity contribution in [2.75, 3.05) is 0 Å². The first-order valence-electron chi connectivity index (χ1n) is 4.07. The van der Waals surface area contributed by atoms with E-state index in [1.54, 1.807) is 0 Å². The molecule has 1 aromatic carbocycles. The van der Waals surface area contributed by atoms with Gasteiger partial charge in [0.15, 0.2) is 6.61 Å².